The number of carbonyl (C=O) groups is 3. The van der Waals surface area contributed by atoms with Crippen LogP contribution in [0.1, 0.15) is 32.1 Å². The van der Waals surface area contributed by atoms with Gasteiger partial charge in [0.25, 0.3) is 0 Å². The number of carbonyl (C=O) groups excluding carboxylic acids is 1. The fourth-order valence-corrected chi connectivity index (χ4v) is 3.85. The number of anilines is 1. The van der Waals surface area contributed by atoms with Gasteiger partial charge in [-0.05, 0) is 56.8 Å². The Balaban J connectivity index is 1.70. The van der Waals surface area contributed by atoms with Gasteiger partial charge in [-0.3, -0.25) is 24.6 Å². The molecule has 3 rings (SSSR count). The number of fused-ring (bicyclic) bond motifs is 1. The third-order valence-electron chi connectivity index (χ3n) is 5.39. The second-order valence-electron chi connectivity index (χ2n) is 7.48. The summed E-state index contributed by atoms with van der Waals surface area (Å²) in [4.78, 5) is 36.8. The molecule has 0 aliphatic carbocycles. The molecule has 2 atom stereocenters. The number of aliphatic carboxylic acids is 2. The number of benzene rings is 1. The summed E-state index contributed by atoms with van der Waals surface area (Å²) in [6.07, 6.45) is 2.28. The van der Waals surface area contributed by atoms with E-state index in [1.165, 1.54) is 0 Å². The number of amides is 1. The number of piperidine rings is 1. The molecule has 2 aliphatic heterocycles. The number of carboxylic acid groups (broad SMARTS) is 2. The Morgan fingerprint density at radius 1 is 1.24 bits per heavy atom. The summed E-state index contributed by atoms with van der Waals surface area (Å²) in [5, 5.41) is 25.0. The first-order valence-electron chi connectivity index (χ1n) is 9.91. The van der Waals surface area contributed by atoms with E-state index in [1.54, 1.807) is 24.3 Å². The van der Waals surface area contributed by atoms with Gasteiger partial charge in [0.2, 0.25) is 5.91 Å². The molecular formula is C20H27N3O6. The number of para-hydroxylation sites is 2. The van der Waals surface area contributed by atoms with E-state index in [1.807, 2.05) is 0 Å². The summed E-state index contributed by atoms with van der Waals surface area (Å²) < 4.78 is 5.87. The Kier molecular flexibility index (Phi) is 7.05. The molecule has 29 heavy (non-hydrogen) atoms. The van der Waals surface area contributed by atoms with E-state index in [0.717, 1.165) is 37.3 Å². The van der Waals surface area contributed by atoms with Gasteiger partial charge < -0.3 is 20.3 Å². The molecule has 1 amide bonds. The highest BCUT2D eigenvalue weighted by Crippen LogP contribution is 2.32. The first-order chi connectivity index (χ1) is 13.9. The zero-order valence-corrected chi connectivity index (χ0v) is 16.2. The van der Waals surface area contributed by atoms with E-state index in [9.17, 15) is 19.5 Å². The van der Waals surface area contributed by atoms with Gasteiger partial charge in [0.1, 0.15) is 18.3 Å². The molecule has 1 aromatic rings. The Hall–Kier alpha value is -2.65. The highest BCUT2D eigenvalue weighted by molar-refractivity contribution is 5.99. The molecule has 0 saturated carbocycles. The number of ether oxygens (including phenoxy) is 1. The minimum Gasteiger partial charge on any atom is -0.480 e. The van der Waals surface area contributed by atoms with Crippen molar-refractivity contribution in [3.8, 4) is 5.75 Å². The second-order valence-corrected chi connectivity index (χ2v) is 7.48. The predicted octanol–water partition coefficient (Wildman–Crippen LogP) is 1.04. The molecule has 9 nitrogen and oxygen atoms in total. The Labute approximate surface area is 169 Å². The number of rotatable bonds is 8. The van der Waals surface area contributed by atoms with Crippen molar-refractivity contribution in [2.75, 3.05) is 24.5 Å². The number of nitrogens with one attached hydrogen (secondary N) is 2. The van der Waals surface area contributed by atoms with Crippen LogP contribution in [0.25, 0.3) is 0 Å². The average Bonchev–Trinajstić information content (AvgIpc) is 2.82. The van der Waals surface area contributed by atoms with Crippen molar-refractivity contribution in [1.29, 1.82) is 0 Å². The van der Waals surface area contributed by atoms with Gasteiger partial charge in [-0.2, -0.15) is 0 Å². The summed E-state index contributed by atoms with van der Waals surface area (Å²) in [6.45, 7) is 1.42. The van der Waals surface area contributed by atoms with Crippen LogP contribution in [0.5, 0.6) is 5.75 Å². The van der Waals surface area contributed by atoms with Gasteiger partial charge in [-0.25, -0.2) is 0 Å². The molecule has 158 valence electrons. The van der Waals surface area contributed by atoms with E-state index in [2.05, 4.69) is 10.6 Å². The summed E-state index contributed by atoms with van der Waals surface area (Å²) in [7, 11) is 0. The average molecular weight is 405 g/mol. The number of hydrogen-bond acceptors (Lipinski definition) is 6. The molecule has 0 unspecified atom stereocenters. The SMILES string of the molecule is O=C(O)CN1C(=O)C[C@@H](N[C@@H](CCC2CCNCC2)C(=O)O)Oc2ccccc21. The molecule has 0 aromatic heterocycles. The number of hydrogen-bond donors (Lipinski definition) is 4. The lowest BCUT2D eigenvalue weighted by Gasteiger charge is -2.26. The van der Waals surface area contributed by atoms with Crippen LogP contribution in [0, 0.1) is 5.92 Å². The standard InChI is InChI=1S/C20H27N3O6/c24-18-11-17(22-14(20(27)28)6-5-13-7-9-21-10-8-13)29-16-4-2-1-3-15(16)23(18)12-19(25)26/h1-4,13-14,17,21-22H,5-12H2,(H,25,26)(H,27,28)/t14-,17-/m0/s1. The van der Waals surface area contributed by atoms with Crippen molar-refractivity contribution in [1.82, 2.24) is 10.6 Å². The van der Waals surface area contributed by atoms with Crippen molar-refractivity contribution in [2.45, 2.75) is 44.4 Å². The van der Waals surface area contributed by atoms with E-state index < -0.39 is 36.7 Å². The van der Waals surface area contributed by atoms with Crippen LogP contribution in [0.15, 0.2) is 24.3 Å². The van der Waals surface area contributed by atoms with Crippen LogP contribution in [0.3, 0.4) is 0 Å². The van der Waals surface area contributed by atoms with Crippen LogP contribution >= 0.6 is 0 Å². The van der Waals surface area contributed by atoms with Gasteiger partial charge in [0.15, 0.2) is 6.23 Å². The molecular weight excluding hydrogens is 378 g/mol. The minimum atomic E-state index is -1.13. The lowest BCUT2D eigenvalue weighted by atomic mass is 9.91. The van der Waals surface area contributed by atoms with Crippen LogP contribution in [0.2, 0.25) is 0 Å². The molecule has 0 spiro atoms. The molecule has 2 aliphatic rings. The number of nitrogens with zero attached hydrogens (tertiary/aromatic N) is 1. The van der Waals surface area contributed by atoms with Crippen molar-refractivity contribution in [3.63, 3.8) is 0 Å². The molecule has 9 heteroatoms. The topological polar surface area (TPSA) is 128 Å². The molecule has 0 bridgehead atoms. The fourth-order valence-electron chi connectivity index (χ4n) is 3.85. The van der Waals surface area contributed by atoms with E-state index >= 15 is 0 Å². The van der Waals surface area contributed by atoms with Gasteiger partial charge >= 0.3 is 11.9 Å². The van der Waals surface area contributed by atoms with Gasteiger partial charge in [0, 0.05) is 0 Å². The van der Waals surface area contributed by atoms with Gasteiger partial charge in [-0.15, -0.1) is 0 Å². The first-order valence-corrected chi connectivity index (χ1v) is 9.91. The Morgan fingerprint density at radius 2 is 1.97 bits per heavy atom. The molecule has 1 saturated heterocycles. The molecule has 1 fully saturated rings. The summed E-state index contributed by atoms with van der Waals surface area (Å²) in [5.74, 6) is -1.72. The van der Waals surface area contributed by atoms with Crippen LogP contribution in [-0.2, 0) is 14.4 Å². The monoisotopic (exact) mass is 405 g/mol. The molecule has 1 aromatic carbocycles. The summed E-state index contributed by atoms with van der Waals surface area (Å²) in [5.41, 5.74) is 0.366. The zero-order chi connectivity index (χ0) is 20.8. The molecule has 4 N–H and O–H groups in total. The van der Waals surface area contributed by atoms with Crippen molar-refractivity contribution >= 4 is 23.5 Å². The Morgan fingerprint density at radius 3 is 2.66 bits per heavy atom. The molecule has 2 heterocycles. The largest absolute Gasteiger partial charge is 0.480 e. The maximum Gasteiger partial charge on any atom is 0.323 e. The maximum atomic E-state index is 12.7. The van der Waals surface area contributed by atoms with Crippen LogP contribution < -0.4 is 20.3 Å². The van der Waals surface area contributed by atoms with Crippen molar-refractivity contribution in [2.24, 2.45) is 5.92 Å². The maximum absolute atomic E-state index is 12.7. The predicted molar refractivity (Wildman–Crippen MR) is 105 cm³/mol. The molecule has 0 radical (unpaired) electrons. The number of carboxylic acids is 2. The van der Waals surface area contributed by atoms with Crippen molar-refractivity contribution in [3.05, 3.63) is 24.3 Å². The first kappa shape index (κ1) is 21.1. The third-order valence-corrected chi connectivity index (χ3v) is 5.39. The lowest BCUT2D eigenvalue weighted by molar-refractivity contribution is -0.141. The fraction of sp³-hybridized carbons (Fsp3) is 0.550. The van der Waals surface area contributed by atoms with Crippen molar-refractivity contribution < 1.29 is 29.3 Å². The summed E-state index contributed by atoms with van der Waals surface area (Å²) in [6, 6.07) is 5.82. The third kappa shape index (κ3) is 5.68. The highest BCUT2D eigenvalue weighted by Gasteiger charge is 2.32. The van der Waals surface area contributed by atoms with E-state index in [-0.39, 0.29) is 6.42 Å². The summed E-state index contributed by atoms with van der Waals surface area (Å²) >= 11 is 0. The van der Waals surface area contributed by atoms with E-state index in [4.69, 9.17) is 9.84 Å². The smallest absolute Gasteiger partial charge is 0.323 e. The minimum absolute atomic E-state index is 0.154. The highest BCUT2D eigenvalue weighted by atomic mass is 16.5. The normalized spacial score (nSPS) is 21.0. The lowest BCUT2D eigenvalue weighted by Crippen LogP contribution is -2.48. The van der Waals surface area contributed by atoms with E-state index in [0.29, 0.717) is 23.8 Å². The Bertz CT molecular complexity index is 749. The van der Waals surface area contributed by atoms with Crippen LogP contribution in [-0.4, -0.2) is 60.0 Å². The quantitative estimate of drug-likeness (QED) is 0.505. The zero-order valence-electron chi connectivity index (χ0n) is 16.2. The van der Waals surface area contributed by atoms with Crippen LogP contribution in [0.4, 0.5) is 5.69 Å². The van der Waals surface area contributed by atoms with Gasteiger partial charge in [0.05, 0.1) is 12.1 Å². The second kappa shape index (κ2) is 9.71. The van der Waals surface area contributed by atoms with Gasteiger partial charge in [-0.1, -0.05) is 12.1 Å².